The molecule has 1 heterocycles. The SMILES string of the molecule is [2H]C(C)(C)c1ccc(-c2cc(C)c(C([2H])(C)C([2H])([2H])[2H])c[n+]2C)c(C)c1. The van der Waals surface area contributed by atoms with Gasteiger partial charge in [-0.3, -0.25) is 0 Å². The standard InChI is InChI=1S/C20H28N/c1-13(2)17-8-9-18(15(5)10-17)20-11-16(6)19(14(3)4)12-21(20)7/h8-14H,1-7H3/q+1/i3D3,13D,14D. The summed E-state index contributed by atoms with van der Waals surface area (Å²) in [7, 11) is 1.87. The van der Waals surface area contributed by atoms with Crippen molar-refractivity contribution in [1.82, 2.24) is 0 Å². The molecule has 1 atom stereocenters. The maximum atomic E-state index is 8.37. The molecule has 0 aliphatic rings. The van der Waals surface area contributed by atoms with E-state index >= 15 is 0 Å². The molecule has 0 aliphatic heterocycles. The molecule has 0 saturated heterocycles. The van der Waals surface area contributed by atoms with Crippen molar-refractivity contribution >= 4 is 0 Å². The van der Waals surface area contributed by atoms with E-state index in [1.54, 1.807) is 6.20 Å². The molecule has 0 spiro atoms. The van der Waals surface area contributed by atoms with Crippen LogP contribution in [0.3, 0.4) is 0 Å². The van der Waals surface area contributed by atoms with Crippen molar-refractivity contribution in [3.8, 4) is 11.3 Å². The Labute approximate surface area is 136 Å². The van der Waals surface area contributed by atoms with E-state index in [4.69, 9.17) is 6.85 Å². The van der Waals surface area contributed by atoms with Crippen LogP contribution >= 0.6 is 0 Å². The summed E-state index contributed by atoms with van der Waals surface area (Å²) in [4.78, 5) is 0. The van der Waals surface area contributed by atoms with Crippen LogP contribution in [0, 0.1) is 13.8 Å². The molecule has 0 fully saturated rings. The van der Waals surface area contributed by atoms with Crippen molar-refractivity contribution in [2.24, 2.45) is 7.05 Å². The monoisotopic (exact) mass is 287 g/mol. The van der Waals surface area contributed by atoms with Gasteiger partial charge in [0.15, 0.2) is 6.20 Å². The van der Waals surface area contributed by atoms with E-state index in [1.807, 2.05) is 63.6 Å². The summed E-state index contributed by atoms with van der Waals surface area (Å²) in [6.45, 7) is 6.65. The summed E-state index contributed by atoms with van der Waals surface area (Å²) in [5, 5.41) is 0. The van der Waals surface area contributed by atoms with Gasteiger partial charge in [-0.25, -0.2) is 4.57 Å². The smallest absolute Gasteiger partial charge is 0.201 e. The zero-order valence-corrected chi connectivity index (χ0v) is 13.8. The zero-order chi connectivity index (χ0) is 20.1. The molecule has 1 aromatic carbocycles. The molecular formula is C20H28N+. The summed E-state index contributed by atoms with van der Waals surface area (Å²) in [5.74, 6) is -2.32. The van der Waals surface area contributed by atoms with E-state index in [0.29, 0.717) is 5.56 Å². The lowest BCUT2D eigenvalue weighted by Crippen LogP contribution is -2.32. The minimum absolute atomic E-state index is 0.505. The summed E-state index contributed by atoms with van der Waals surface area (Å²) in [6.07, 6.45) is 1.76. The molecule has 1 unspecified atom stereocenters. The van der Waals surface area contributed by atoms with Crippen LogP contribution in [-0.4, -0.2) is 0 Å². The molecule has 2 aromatic rings. The van der Waals surface area contributed by atoms with Gasteiger partial charge in [0, 0.05) is 24.0 Å². The molecule has 2 rings (SSSR count). The first-order valence-electron chi connectivity index (χ1n) is 9.78. The van der Waals surface area contributed by atoms with Crippen molar-refractivity contribution < 1.29 is 11.4 Å². The highest BCUT2D eigenvalue weighted by Gasteiger charge is 2.17. The second kappa shape index (κ2) is 6.01. The van der Waals surface area contributed by atoms with Crippen molar-refractivity contribution in [1.29, 1.82) is 0 Å². The number of hydrogen-bond donors (Lipinski definition) is 0. The van der Waals surface area contributed by atoms with Crippen LogP contribution in [0.1, 0.15) is 68.5 Å². The van der Waals surface area contributed by atoms with E-state index in [9.17, 15) is 0 Å². The Morgan fingerprint density at radius 2 is 1.76 bits per heavy atom. The topological polar surface area (TPSA) is 3.88 Å². The van der Waals surface area contributed by atoms with Crippen molar-refractivity contribution in [2.45, 2.75) is 53.3 Å². The van der Waals surface area contributed by atoms with Crippen LogP contribution in [0.2, 0.25) is 0 Å². The molecule has 1 aromatic heterocycles. The Bertz CT molecular complexity index is 829. The van der Waals surface area contributed by atoms with Crippen LogP contribution in [-0.2, 0) is 7.05 Å². The van der Waals surface area contributed by atoms with Crippen LogP contribution in [0.25, 0.3) is 11.3 Å². The van der Waals surface area contributed by atoms with E-state index < -0.39 is 18.6 Å². The highest BCUT2D eigenvalue weighted by atomic mass is 14.9. The Morgan fingerprint density at radius 3 is 2.33 bits per heavy atom. The van der Waals surface area contributed by atoms with Crippen LogP contribution in [0.4, 0.5) is 0 Å². The fourth-order valence-corrected chi connectivity index (χ4v) is 2.67. The Morgan fingerprint density at radius 1 is 1.05 bits per heavy atom. The van der Waals surface area contributed by atoms with Gasteiger partial charge in [0.25, 0.3) is 0 Å². The van der Waals surface area contributed by atoms with Crippen molar-refractivity contribution in [3.05, 3.63) is 52.7 Å². The normalized spacial score (nSPS) is 18.9. The summed E-state index contributed by atoms with van der Waals surface area (Å²) >= 11 is 0. The highest BCUT2D eigenvalue weighted by molar-refractivity contribution is 5.62. The number of benzene rings is 1. The molecule has 0 bridgehead atoms. The molecule has 0 amide bonds. The Balaban J connectivity index is 2.59. The Kier molecular flexibility index (Phi) is 2.91. The van der Waals surface area contributed by atoms with E-state index in [1.165, 1.54) is 6.92 Å². The first kappa shape index (κ1) is 10.2. The second-order valence-corrected chi connectivity index (χ2v) is 6.02. The lowest BCUT2D eigenvalue weighted by molar-refractivity contribution is -0.660. The zero-order valence-electron chi connectivity index (χ0n) is 18.8. The fourth-order valence-electron chi connectivity index (χ4n) is 2.67. The third-order valence-electron chi connectivity index (χ3n) is 3.96. The summed E-state index contributed by atoms with van der Waals surface area (Å²) in [6, 6.07) is 7.96. The molecule has 0 aliphatic carbocycles. The van der Waals surface area contributed by atoms with Gasteiger partial charge in [-0.1, -0.05) is 39.8 Å². The number of hydrogen-bond acceptors (Lipinski definition) is 0. The predicted molar refractivity (Wildman–Crippen MR) is 90.7 cm³/mol. The van der Waals surface area contributed by atoms with Crippen LogP contribution in [0.5, 0.6) is 0 Å². The van der Waals surface area contributed by atoms with Gasteiger partial charge in [0.1, 0.15) is 7.05 Å². The van der Waals surface area contributed by atoms with Gasteiger partial charge in [0.05, 0.1) is 0 Å². The molecule has 0 N–H and O–H groups in total. The maximum Gasteiger partial charge on any atom is 0.212 e. The Hall–Kier alpha value is -1.63. The third kappa shape index (κ3) is 3.18. The highest BCUT2D eigenvalue weighted by Crippen LogP contribution is 2.27. The van der Waals surface area contributed by atoms with E-state index in [0.717, 1.165) is 27.9 Å². The largest absolute Gasteiger partial charge is 0.212 e. The molecule has 0 radical (unpaired) electrons. The van der Waals surface area contributed by atoms with Gasteiger partial charge in [0.2, 0.25) is 5.69 Å². The van der Waals surface area contributed by atoms with Gasteiger partial charge in [-0.05, 0) is 48.4 Å². The minimum atomic E-state index is -2.40. The number of aromatic nitrogens is 1. The molecule has 1 heteroatoms. The maximum absolute atomic E-state index is 8.37. The molecule has 0 saturated carbocycles. The quantitative estimate of drug-likeness (QED) is 0.696. The average Bonchev–Trinajstić information content (AvgIpc) is 2.47. The average molecular weight is 287 g/mol. The number of rotatable bonds is 3. The van der Waals surface area contributed by atoms with Crippen LogP contribution in [0.15, 0.2) is 30.5 Å². The minimum Gasteiger partial charge on any atom is -0.201 e. The lowest BCUT2D eigenvalue weighted by Gasteiger charge is -2.13. The van der Waals surface area contributed by atoms with Crippen LogP contribution < -0.4 is 4.57 Å². The van der Waals surface area contributed by atoms with Gasteiger partial charge in [-0.15, -0.1) is 0 Å². The summed E-state index contributed by atoms with van der Waals surface area (Å²) in [5.41, 5.74) is 5.31. The first-order valence-corrected chi connectivity index (χ1v) is 7.28. The third-order valence-corrected chi connectivity index (χ3v) is 3.96. The number of aryl methyl sites for hydroxylation is 3. The number of pyridine rings is 1. The second-order valence-electron chi connectivity index (χ2n) is 6.02. The molecular weight excluding hydrogens is 254 g/mol. The van der Waals surface area contributed by atoms with Gasteiger partial charge >= 0.3 is 0 Å². The van der Waals surface area contributed by atoms with E-state index in [2.05, 4.69) is 0 Å². The first-order chi connectivity index (χ1) is 11.7. The van der Waals surface area contributed by atoms with E-state index in [-0.39, 0.29) is 0 Å². The van der Waals surface area contributed by atoms with Gasteiger partial charge < -0.3 is 0 Å². The molecule has 21 heavy (non-hydrogen) atoms. The number of nitrogens with zero attached hydrogens (tertiary/aromatic N) is 1. The fraction of sp³-hybridized carbons (Fsp3) is 0.450. The van der Waals surface area contributed by atoms with Crippen molar-refractivity contribution in [2.75, 3.05) is 0 Å². The van der Waals surface area contributed by atoms with Gasteiger partial charge in [-0.2, -0.15) is 0 Å². The predicted octanol–water partition coefficient (Wildman–Crippen LogP) is 5.04. The molecule has 1 nitrogen and oxygen atoms in total. The summed E-state index contributed by atoms with van der Waals surface area (Å²) < 4.78 is 41.5. The lowest BCUT2D eigenvalue weighted by atomic mass is 9.94. The molecule has 112 valence electrons. The van der Waals surface area contributed by atoms with Crippen molar-refractivity contribution in [3.63, 3.8) is 0 Å².